The number of carbonyl (C=O) groups is 1. The molecule has 204 valence electrons. The number of rotatable bonds is 11. The van der Waals surface area contributed by atoms with Gasteiger partial charge in [-0.3, -0.25) is 4.79 Å². The second-order valence-electron chi connectivity index (χ2n) is 9.53. The highest BCUT2D eigenvalue weighted by molar-refractivity contribution is 6.02. The van der Waals surface area contributed by atoms with Gasteiger partial charge >= 0.3 is 0 Å². The molecule has 1 aromatic carbocycles. The molecule has 0 atom stereocenters. The van der Waals surface area contributed by atoms with Gasteiger partial charge in [0.25, 0.3) is 0 Å². The van der Waals surface area contributed by atoms with E-state index in [1.807, 2.05) is 70.6 Å². The summed E-state index contributed by atoms with van der Waals surface area (Å²) in [5.41, 5.74) is 4.65. The molecule has 4 aromatic rings. The van der Waals surface area contributed by atoms with Gasteiger partial charge in [0.05, 0.1) is 35.4 Å². The van der Waals surface area contributed by atoms with Crippen LogP contribution in [0.3, 0.4) is 0 Å². The molecule has 0 radical (unpaired) electrons. The van der Waals surface area contributed by atoms with Crippen molar-refractivity contribution in [2.45, 2.75) is 0 Å². The van der Waals surface area contributed by atoms with E-state index in [1.165, 1.54) is 6.08 Å². The van der Waals surface area contributed by atoms with Crippen molar-refractivity contribution in [1.29, 1.82) is 0 Å². The van der Waals surface area contributed by atoms with Gasteiger partial charge in [0.1, 0.15) is 5.75 Å². The average Bonchev–Trinajstić information content (AvgIpc) is 3.36. The zero-order valence-corrected chi connectivity index (χ0v) is 23.2. The number of aromatic amines is 1. The van der Waals surface area contributed by atoms with Crippen molar-refractivity contribution in [3.8, 4) is 17.0 Å². The molecule has 0 fully saturated rings. The van der Waals surface area contributed by atoms with Crippen LogP contribution in [-0.4, -0.2) is 86.2 Å². The molecule has 0 unspecified atom stereocenters. The third-order valence-electron chi connectivity index (χ3n) is 6.24. The Bertz CT molecular complexity index is 1480. The summed E-state index contributed by atoms with van der Waals surface area (Å²) in [6.45, 7) is 5.18. The Morgan fingerprint density at radius 3 is 2.54 bits per heavy atom. The van der Waals surface area contributed by atoms with Gasteiger partial charge in [-0.25, -0.2) is 15.0 Å². The van der Waals surface area contributed by atoms with Crippen LogP contribution in [0.1, 0.15) is 0 Å². The molecule has 3 heterocycles. The van der Waals surface area contributed by atoms with Gasteiger partial charge in [0, 0.05) is 69.8 Å². The fraction of sp³-hybridized carbons (Fsp3) is 0.286. The highest BCUT2D eigenvalue weighted by atomic mass is 16.5. The Balaban J connectivity index is 1.70. The number of methoxy groups -OCH3 is 1. The first-order chi connectivity index (χ1) is 18.7. The molecule has 0 aliphatic carbocycles. The zero-order chi connectivity index (χ0) is 28.1. The van der Waals surface area contributed by atoms with E-state index < -0.39 is 0 Å². The van der Waals surface area contributed by atoms with Crippen molar-refractivity contribution in [2.75, 3.05) is 75.9 Å². The number of ether oxygens (including phenoxy) is 1. The van der Waals surface area contributed by atoms with E-state index in [0.717, 1.165) is 46.8 Å². The molecule has 11 nitrogen and oxygen atoms in total. The molecule has 0 spiro atoms. The van der Waals surface area contributed by atoms with Crippen LogP contribution in [0.4, 0.5) is 28.8 Å². The predicted molar refractivity (Wildman–Crippen MR) is 158 cm³/mol. The summed E-state index contributed by atoms with van der Waals surface area (Å²) in [7, 11) is 11.5. The molecule has 0 saturated heterocycles. The Kier molecular flexibility index (Phi) is 8.30. The Hall–Kier alpha value is -4.64. The monoisotopic (exact) mass is 529 g/mol. The molecule has 11 heteroatoms. The lowest BCUT2D eigenvalue weighted by Gasteiger charge is -2.26. The first-order valence-corrected chi connectivity index (χ1v) is 12.5. The second-order valence-corrected chi connectivity index (χ2v) is 9.53. The van der Waals surface area contributed by atoms with Crippen LogP contribution in [0.15, 0.2) is 55.5 Å². The highest BCUT2D eigenvalue weighted by Gasteiger charge is 2.17. The lowest BCUT2D eigenvalue weighted by Crippen LogP contribution is -2.29. The number of likely N-dealkylation sites (N-methyl/N-ethyl adjacent to an activating group) is 2. The number of anilines is 5. The molecule has 3 aromatic heterocycles. The molecule has 4 rings (SSSR count). The van der Waals surface area contributed by atoms with Crippen LogP contribution in [-0.2, 0) is 4.79 Å². The minimum atomic E-state index is -0.308. The van der Waals surface area contributed by atoms with E-state index in [4.69, 9.17) is 9.72 Å². The van der Waals surface area contributed by atoms with Gasteiger partial charge in [-0.2, -0.15) is 0 Å². The molecule has 0 saturated carbocycles. The van der Waals surface area contributed by atoms with E-state index in [0.29, 0.717) is 23.1 Å². The molecule has 39 heavy (non-hydrogen) atoms. The zero-order valence-electron chi connectivity index (χ0n) is 23.2. The maximum Gasteiger partial charge on any atom is 0.247 e. The number of hydrogen-bond donors (Lipinski definition) is 3. The van der Waals surface area contributed by atoms with Crippen LogP contribution in [0.5, 0.6) is 5.75 Å². The highest BCUT2D eigenvalue weighted by Crippen LogP contribution is 2.38. The standard InChI is InChI=1S/C28H35N9O2/c1-8-25(38)32-21-15-22(24(39-7)16-23(21)37(6)14-13-35(2)3)34-28-30-12-10-20(33-28)19-17-31-26-18(19)9-11-29-27(26)36(4)5/h8-12,15-17,31H,1,13-14H2,2-7H3,(H,32,38)(H,30,33,34). The maximum absolute atomic E-state index is 12.3. The number of carbonyl (C=O) groups excluding carboxylic acids is 1. The number of benzene rings is 1. The van der Waals surface area contributed by atoms with Gasteiger partial charge in [0.2, 0.25) is 11.9 Å². The van der Waals surface area contributed by atoms with Crippen molar-refractivity contribution in [3.05, 3.63) is 55.5 Å². The lowest BCUT2D eigenvalue weighted by atomic mass is 10.1. The minimum Gasteiger partial charge on any atom is -0.494 e. The van der Waals surface area contributed by atoms with Crippen LogP contribution in [0, 0.1) is 0 Å². The molecular formula is C28H35N9O2. The Morgan fingerprint density at radius 2 is 1.85 bits per heavy atom. The largest absolute Gasteiger partial charge is 0.494 e. The van der Waals surface area contributed by atoms with Gasteiger partial charge in [-0.1, -0.05) is 6.58 Å². The van der Waals surface area contributed by atoms with Crippen LogP contribution in [0.25, 0.3) is 22.2 Å². The average molecular weight is 530 g/mol. The number of nitrogens with zero attached hydrogens (tertiary/aromatic N) is 6. The minimum absolute atomic E-state index is 0.308. The van der Waals surface area contributed by atoms with Crippen molar-refractivity contribution >= 4 is 45.6 Å². The fourth-order valence-corrected chi connectivity index (χ4v) is 4.19. The molecule has 1 amide bonds. The van der Waals surface area contributed by atoms with E-state index in [9.17, 15) is 4.79 Å². The first-order valence-electron chi connectivity index (χ1n) is 12.5. The topological polar surface area (TPSA) is 115 Å². The third-order valence-corrected chi connectivity index (χ3v) is 6.24. The number of aromatic nitrogens is 4. The predicted octanol–water partition coefficient (Wildman–Crippen LogP) is 3.96. The summed E-state index contributed by atoms with van der Waals surface area (Å²) in [6, 6.07) is 7.53. The number of H-pyrrole nitrogens is 1. The third kappa shape index (κ3) is 6.10. The van der Waals surface area contributed by atoms with Crippen molar-refractivity contribution in [3.63, 3.8) is 0 Å². The number of hydrogen-bond acceptors (Lipinski definition) is 9. The number of fused-ring (bicyclic) bond motifs is 1. The van der Waals surface area contributed by atoms with Crippen LogP contribution < -0.4 is 25.2 Å². The van der Waals surface area contributed by atoms with Gasteiger partial charge in [0.15, 0.2) is 5.82 Å². The van der Waals surface area contributed by atoms with Gasteiger partial charge in [-0.15, -0.1) is 0 Å². The van der Waals surface area contributed by atoms with E-state index >= 15 is 0 Å². The fourth-order valence-electron chi connectivity index (χ4n) is 4.19. The second kappa shape index (κ2) is 11.8. The Labute approximate surface area is 228 Å². The van der Waals surface area contributed by atoms with E-state index in [1.54, 1.807) is 19.5 Å². The SMILES string of the molecule is C=CC(=O)Nc1cc(Nc2nccc(-c3c[nH]c4c(N(C)C)nccc34)n2)c(OC)cc1N(C)CCN(C)C. The summed E-state index contributed by atoms with van der Waals surface area (Å²) in [5, 5.41) is 7.19. The molecule has 0 aliphatic heterocycles. The lowest BCUT2D eigenvalue weighted by molar-refractivity contribution is -0.111. The summed E-state index contributed by atoms with van der Waals surface area (Å²) in [6.07, 6.45) is 6.66. The molecule has 0 aliphatic rings. The van der Waals surface area contributed by atoms with Crippen molar-refractivity contribution in [2.24, 2.45) is 0 Å². The van der Waals surface area contributed by atoms with Crippen molar-refractivity contribution < 1.29 is 9.53 Å². The van der Waals surface area contributed by atoms with Gasteiger partial charge in [-0.05, 0) is 38.4 Å². The number of pyridine rings is 1. The summed E-state index contributed by atoms with van der Waals surface area (Å²) < 4.78 is 5.71. The quantitative estimate of drug-likeness (QED) is 0.248. The molecular weight excluding hydrogens is 494 g/mol. The summed E-state index contributed by atoms with van der Waals surface area (Å²) in [5.74, 6) is 1.51. The van der Waals surface area contributed by atoms with Crippen LogP contribution >= 0.6 is 0 Å². The van der Waals surface area contributed by atoms with Gasteiger partial charge < -0.3 is 35.1 Å². The van der Waals surface area contributed by atoms with Crippen molar-refractivity contribution in [1.82, 2.24) is 24.8 Å². The van der Waals surface area contributed by atoms with E-state index in [-0.39, 0.29) is 5.91 Å². The number of nitrogens with one attached hydrogen (secondary N) is 3. The molecule has 0 bridgehead atoms. The molecule has 3 N–H and O–H groups in total. The maximum atomic E-state index is 12.3. The Morgan fingerprint density at radius 1 is 1.08 bits per heavy atom. The summed E-state index contributed by atoms with van der Waals surface area (Å²) in [4.78, 5) is 35.4. The number of amides is 1. The first kappa shape index (κ1) is 27.4. The van der Waals surface area contributed by atoms with Crippen LogP contribution in [0.2, 0.25) is 0 Å². The van der Waals surface area contributed by atoms with E-state index in [2.05, 4.69) is 42.0 Å². The normalized spacial score (nSPS) is 10.9. The summed E-state index contributed by atoms with van der Waals surface area (Å²) >= 11 is 0. The smallest absolute Gasteiger partial charge is 0.247 e.